The molecule has 0 spiro atoms. The number of nitrogens with one attached hydrogen (secondary N) is 1. The molecule has 1 aliphatic rings. The number of ether oxygens (including phenoxy) is 2. The third-order valence-corrected chi connectivity index (χ3v) is 4.59. The molecule has 1 N–H and O–H groups in total. The van der Waals surface area contributed by atoms with Crippen molar-refractivity contribution in [2.45, 2.75) is 46.1 Å². The molecular weight excluding hydrogens is 358 g/mol. The molecule has 6 nitrogen and oxygen atoms in total. The van der Waals surface area contributed by atoms with E-state index in [4.69, 9.17) is 9.47 Å². The van der Waals surface area contributed by atoms with Crippen molar-refractivity contribution in [3.63, 3.8) is 0 Å². The highest BCUT2D eigenvalue weighted by Crippen LogP contribution is 2.28. The number of carbonyl (C=O) groups excluding carboxylic acids is 3. The van der Waals surface area contributed by atoms with Crippen molar-refractivity contribution in [2.24, 2.45) is 0 Å². The Balaban J connectivity index is 2.09. The summed E-state index contributed by atoms with van der Waals surface area (Å²) in [7, 11) is 2.69. The van der Waals surface area contributed by atoms with Gasteiger partial charge in [-0.15, -0.1) is 0 Å². The normalized spacial score (nSPS) is 14.6. The molecule has 1 aromatic carbocycles. The van der Waals surface area contributed by atoms with E-state index in [0.717, 1.165) is 11.1 Å². The minimum atomic E-state index is -0.332. The third kappa shape index (κ3) is 4.88. The largest absolute Gasteiger partial charge is 0.489 e. The molecule has 0 bridgehead atoms. The summed E-state index contributed by atoms with van der Waals surface area (Å²) >= 11 is 0. The first-order chi connectivity index (χ1) is 13.3. The number of hydrogen-bond donors (Lipinski definition) is 1. The zero-order valence-electron chi connectivity index (χ0n) is 17.0. The van der Waals surface area contributed by atoms with Crippen molar-refractivity contribution in [3.05, 3.63) is 58.1 Å². The number of benzene rings is 1. The van der Waals surface area contributed by atoms with Crippen LogP contribution in [0.3, 0.4) is 0 Å². The van der Waals surface area contributed by atoms with E-state index in [2.05, 4.69) is 5.32 Å². The molecule has 150 valence electrons. The van der Waals surface area contributed by atoms with Crippen molar-refractivity contribution in [3.8, 4) is 0 Å². The van der Waals surface area contributed by atoms with Gasteiger partial charge in [0.25, 0.3) is 0 Å². The van der Waals surface area contributed by atoms with E-state index in [9.17, 15) is 14.4 Å². The molecule has 6 heteroatoms. The molecule has 1 aromatic rings. The molecule has 0 fully saturated rings. The van der Waals surface area contributed by atoms with Crippen molar-refractivity contribution in [2.75, 3.05) is 14.2 Å². The second-order valence-electron chi connectivity index (χ2n) is 7.04. The number of hydrogen-bond acceptors (Lipinski definition) is 5. The summed E-state index contributed by atoms with van der Waals surface area (Å²) in [6.07, 6.45) is 1.40. The Labute approximate surface area is 165 Å². The first-order valence-electron chi connectivity index (χ1n) is 9.27. The van der Waals surface area contributed by atoms with Gasteiger partial charge in [0, 0.05) is 30.0 Å². The second-order valence-corrected chi connectivity index (χ2v) is 7.04. The Morgan fingerprint density at radius 1 is 0.964 bits per heavy atom. The highest BCUT2D eigenvalue weighted by molar-refractivity contribution is 6.23. The number of methoxy groups -OCH3 is 2. The Kier molecular flexibility index (Phi) is 7.15. The molecular formula is C22H27NO5. The number of ketones is 2. The molecule has 0 unspecified atom stereocenters. The predicted octanol–water partition coefficient (Wildman–Crippen LogP) is 2.66. The summed E-state index contributed by atoms with van der Waals surface area (Å²) in [6.45, 7) is 5.49. The molecule has 0 radical (unpaired) electrons. The minimum absolute atomic E-state index is 0.0269. The average molecular weight is 385 g/mol. The number of aryl methyl sites for hydroxylation is 1. The lowest BCUT2D eigenvalue weighted by Crippen LogP contribution is -2.30. The van der Waals surface area contributed by atoms with Crippen molar-refractivity contribution in [1.82, 2.24) is 5.32 Å². The van der Waals surface area contributed by atoms with E-state index >= 15 is 0 Å². The van der Waals surface area contributed by atoms with Crippen LogP contribution >= 0.6 is 0 Å². The molecule has 0 saturated heterocycles. The van der Waals surface area contributed by atoms with E-state index in [-0.39, 0.29) is 35.0 Å². The van der Waals surface area contributed by atoms with Gasteiger partial charge >= 0.3 is 0 Å². The van der Waals surface area contributed by atoms with Gasteiger partial charge in [0.15, 0.2) is 0 Å². The minimum Gasteiger partial charge on any atom is -0.489 e. The van der Waals surface area contributed by atoms with Crippen molar-refractivity contribution < 1.29 is 23.9 Å². The summed E-state index contributed by atoms with van der Waals surface area (Å²) in [5, 5.41) is 2.87. The number of amides is 1. The Bertz CT molecular complexity index is 831. The predicted molar refractivity (Wildman–Crippen MR) is 106 cm³/mol. The summed E-state index contributed by atoms with van der Waals surface area (Å²) in [5.74, 6) is -0.740. The van der Waals surface area contributed by atoms with Crippen LogP contribution in [0.25, 0.3) is 0 Å². The van der Waals surface area contributed by atoms with Gasteiger partial charge in [0.2, 0.25) is 29.0 Å². The van der Waals surface area contributed by atoms with Crippen LogP contribution < -0.4 is 5.32 Å². The molecule has 2 rings (SSSR count). The standard InChI is InChI=1S/C22H27NO5/c1-13(2)23-18(24)11-10-15-6-8-16(9-7-15)12-17-14(3)19(25)21(27-4)22(28-5)20(17)26/h6-9,13H,10-12H2,1-5H3,(H,23,24). The van der Waals surface area contributed by atoms with Crippen LogP contribution in [0.2, 0.25) is 0 Å². The molecule has 0 aromatic heterocycles. The highest BCUT2D eigenvalue weighted by atomic mass is 16.5. The van der Waals surface area contributed by atoms with Crippen LogP contribution in [-0.4, -0.2) is 37.7 Å². The first-order valence-corrected chi connectivity index (χ1v) is 9.27. The van der Waals surface area contributed by atoms with Gasteiger partial charge in [-0.25, -0.2) is 0 Å². The fourth-order valence-electron chi connectivity index (χ4n) is 3.08. The maximum Gasteiger partial charge on any atom is 0.228 e. The van der Waals surface area contributed by atoms with Gasteiger partial charge < -0.3 is 14.8 Å². The number of Topliss-reactive ketones (excluding diaryl/α,β-unsaturated/α-hetero) is 2. The molecule has 28 heavy (non-hydrogen) atoms. The fraction of sp³-hybridized carbons (Fsp3) is 0.409. The fourth-order valence-corrected chi connectivity index (χ4v) is 3.08. The number of carbonyl (C=O) groups is 3. The lowest BCUT2D eigenvalue weighted by Gasteiger charge is -2.20. The SMILES string of the molecule is COC1=C(OC)C(=O)C(Cc2ccc(CCC(=O)NC(C)C)cc2)=C(C)C1=O. The van der Waals surface area contributed by atoms with Gasteiger partial charge in [-0.1, -0.05) is 24.3 Å². The molecule has 0 atom stereocenters. The van der Waals surface area contributed by atoms with Gasteiger partial charge in [-0.05, 0) is 38.3 Å². The van der Waals surface area contributed by atoms with Gasteiger partial charge in [-0.2, -0.15) is 0 Å². The highest BCUT2D eigenvalue weighted by Gasteiger charge is 2.34. The summed E-state index contributed by atoms with van der Waals surface area (Å²) in [6, 6.07) is 7.84. The van der Waals surface area contributed by atoms with E-state index < -0.39 is 0 Å². The summed E-state index contributed by atoms with van der Waals surface area (Å²) in [4.78, 5) is 36.9. The van der Waals surface area contributed by atoms with E-state index in [0.29, 0.717) is 30.4 Å². The molecule has 0 saturated carbocycles. The van der Waals surface area contributed by atoms with E-state index in [1.165, 1.54) is 14.2 Å². The molecule has 1 aliphatic carbocycles. The lowest BCUT2D eigenvalue weighted by atomic mass is 9.88. The Morgan fingerprint density at radius 2 is 1.50 bits per heavy atom. The smallest absolute Gasteiger partial charge is 0.228 e. The van der Waals surface area contributed by atoms with Crippen LogP contribution in [0.4, 0.5) is 0 Å². The number of allylic oxidation sites excluding steroid dienone is 2. The number of rotatable bonds is 8. The second kappa shape index (κ2) is 9.35. The van der Waals surface area contributed by atoms with Gasteiger partial charge in [0.1, 0.15) is 0 Å². The van der Waals surface area contributed by atoms with Crippen LogP contribution in [0.15, 0.2) is 46.9 Å². The Morgan fingerprint density at radius 3 is 2.04 bits per heavy atom. The zero-order chi connectivity index (χ0) is 20.8. The summed E-state index contributed by atoms with van der Waals surface area (Å²) < 4.78 is 10.2. The van der Waals surface area contributed by atoms with Crippen LogP contribution in [0.5, 0.6) is 0 Å². The van der Waals surface area contributed by atoms with Crippen molar-refractivity contribution in [1.29, 1.82) is 0 Å². The van der Waals surface area contributed by atoms with Gasteiger partial charge in [-0.3, -0.25) is 14.4 Å². The van der Waals surface area contributed by atoms with Gasteiger partial charge in [0.05, 0.1) is 14.2 Å². The van der Waals surface area contributed by atoms with Crippen LogP contribution in [0.1, 0.15) is 38.3 Å². The van der Waals surface area contributed by atoms with E-state index in [1.54, 1.807) is 6.92 Å². The molecule has 1 amide bonds. The van der Waals surface area contributed by atoms with Crippen LogP contribution in [-0.2, 0) is 36.7 Å². The van der Waals surface area contributed by atoms with E-state index in [1.807, 2.05) is 38.1 Å². The summed E-state index contributed by atoms with van der Waals surface area (Å²) in [5.41, 5.74) is 2.73. The maximum atomic E-state index is 12.7. The molecule has 0 aliphatic heterocycles. The average Bonchev–Trinajstić information content (AvgIpc) is 2.66. The maximum absolute atomic E-state index is 12.7. The first kappa shape index (κ1) is 21.4. The Hall–Kier alpha value is -2.89. The topological polar surface area (TPSA) is 81.7 Å². The van der Waals surface area contributed by atoms with Crippen LogP contribution in [0, 0.1) is 0 Å². The lowest BCUT2D eigenvalue weighted by molar-refractivity contribution is -0.121. The monoisotopic (exact) mass is 385 g/mol. The molecule has 0 heterocycles. The third-order valence-electron chi connectivity index (χ3n) is 4.59. The van der Waals surface area contributed by atoms with Crippen molar-refractivity contribution >= 4 is 17.5 Å². The zero-order valence-corrected chi connectivity index (χ0v) is 17.0. The quantitative estimate of drug-likeness (QED) is 0.696.